The van der Waals surface area contributed by atoms with Crippen molar-refractivity contribution in [3.8, 4) is 5.88 Å². The maximum Gasteiger partial charge on any atom is 0.345 e. The van der Waals surface area contributed by atoms with Crippen molar-refractivity contribution >= 4 is 11.4 Å². The van der Waals surface area contributed by atoms with E-state index in [1.165, 1.54) is 10.7 Å². The van der Waals surface area contributed by atoms with E-state index in [9.17, 15) is 10.1 Å². The fourth-order valence-corrected chi connectivity index (χ4v) is 2.97. The van der Waals surface area contributed by atoms with E-state index in [1.807, 2.05) is 39.8 Å². The minimum Gasteiger partial charge on any atom is -0.472 e. The van der Waals surface area contributed by atoms with E-state index < -0.39 is 10.5 Å². The summed E-state index contributed by atoms with van der Waals surface area (Å²) in [4.78, 5) is 15.2. The van der Waals surface area contributed by atoms with E-state index in [4.69, 9.17) is 9.47 Å². The highest BCUT2D eigenvalue weighted by Crippen LogP contribution is 2.34. The Morgan fingerprint density at radius 2 is 2.19 bits per heavy atom. The second kappa shape index (κ2) is 7.11. The van der Waals surface area contributed by atoms with Crippen LogP contribution in [0.5, 0.6) is 5.88 Å². The van der Waals surface area contributed by atoms with Crippen molar-refractivity contribution in [2.24, 2.45) is 0 Å². The molecule has 2 atom stereocenters. The smallest absolute Gasteiger partial charge is 0.345 e. The summed E-state index contributed by atoms with van der Waals surface area (Å²) in [7, 11) is 0. The lowest BCUT2D eigenvalue weighted by molar-refractivity contribution is -0.393. The van der Waals surface area contributed by atoms with Gasteiger partial charge >= 0.3 is 5.82 Å². The van der Waals surface area contributed by atoms with Crippen LogP contribution in [0.1, 0.15) is 51.5 Å². The van der Waals surface area contributed by atoms with Gasteiger partial charge in [-0.1, -0.05) is 17.3 Å². The molecule has 0 spiro atoms. The normalized spacial score (nSPS) is 19.9. The van der Waals surface area contributed by atoms with Crippen LogP contribution in [-0.2, 0) is 10.3 Å². The molecule has 144 valence electrons. The van der Waals surface area contributed by atoms with Gasteiger partial charge in [0.15, 0.2) is 0 Å². The second-order valence-corrected chi connectivity index (χ2v) is 7.73. The SMILES string of the molecule is C=C(C)c1ccnc(OC2COC(c3cc([N+](=O)[O-])n(C(C)(C)C)n3)C2)c1. The van der Waals surface area contributed by atoms with E-state index in [0.717, 1.165) is 11.1 Å². The van der Waals surface area contributed by atoms with Gasteiger partial charge < -0.3 is 19.6 Å². The number of nitrogens with zero attached hydrogens (tertiary/aromatic N) is 4. The van der Waals surface area contributed by atoms with Crippen LogP contribution < -0.4 is 4.74 Å². The van der Waals surface area contributed by atoms with Crippen molar-refractivity contribution < 1.29 is 14.4 Å². The molecule has 1 aliphatic heterocycles. The zero-order valence-electron chi connectivity index (χ0n) is 16.0. The van der Waals surface area contributed by atoms with Crippen LogP contribution in [0.2, 0.25) is 0 Å². The highest BCUT2D eigenvalue weighted by atomic mass is 16.6. The van der Waals surface area contributed by atoms with Gasteiger partial charge in [-0.3, -0.25) is 0 Å². The molecule has 8 nitrogen and oxygen atoms in total. The second-order valence-electron chi connectivity index (χ2n) is 7.73. The zero-order valence-corrected chi connectivity index (χ0v) is 16.0. The molecule has 0 radical (unpaired) electrons. The number of ether oxygens (including phenoxy) is 2. The van der Waals surface area contributed by atoms with Gasteiger partial charge in [-0.15, -0.1) is 4.68 Å². The highest BCUT2D eigenvalue weighted by Gasteiger charge is 2.36. The van der Waals surface area contributed by atoms with Gasteiger partial charge in [0.2, 0.25) is 5.88 Å². The Morgan fingerprint density at radius 3 is 2.78 bits per heavy atom. The maximum atomic E-state index is 11.4. The third-order valence-electron chi connectivity index (χ3n) is 4.34. The van der Waals surface area contributed by atoms with Crippen molar-refractivity contribution in [1.82, 2.24) is 14.8 Å². The van der Waals surface area contributed by atoms with E-state index in [1.54, 1.807) is 6.20 Å². The Morgan fingerprint density at radius 1 is 1.44 bits per heavy atom. The third kappa shape index (κ3) is 4.16. The standard InChI is InChI=1S/C19H24N4O4/c1-12(2)13-6-7-20-17(8-13)27-14-9-16(26-11-14)15-10-18(23(24)25)22(21-15)19(3,4)5/h6-8,10,14,16H,1,9,11H2,2-5H3. The number of hydrogen-bond acceptors (Lipinski definition) is 6. The van der Waals surface area contributed by atoms with Crippen molar-refractivity contribution in [2.45, 2.75) is 51.9 Å². The van der Waals surface area contributed by atoms with E-state index >= 15 is 0 Å². The summed E-state index contributed by atoms with van der Waals surface area (Å²) in [5.74, 6) is 0.470. The van der Waals surface area contributed by atoms with Gasteiger partial charge in [0.05, 0.1) is 12.7 Å². The van der Waals surface area contributed by atoms with Gasteiger partial charge in [-0.2, -0.15) is 0 Å². The first-order chi connectivity index (χ1) is 12.6. The van der Waals surface area contributed by atoms with E-state index in [2.05, 4.69) is 16.7 Å². The van der Waals surface area contributed by atoms with Crippen LogP contribution >= 0.6 is 0 Å². The number of allylic oxidation sites excluding steroid dienone is 1. The number of aromatic nitrogens is 3. The molecule has 0 saturated carbocycles. The van der Waals surface area contributed by atoms with Crippen LogP contribution in [0, 0.1) is 10.1 Å². The van der Waals surface area contributed by atoms with Gasteiger partial charge in [0.25, 0.3) is 0 Å². The summed E-state index contributed by atoms with van der Waals surface area (Å²) in [5.41, 5.74) is 1.95. The lowest BCUT2D eigenvalue weighted by Crippen LogP contribution is -2.24. The van der Waals surface area contributed by atoms with Crippen LogP contribution in [-0.4, -0.2) is 32.4 Å². The largest absolute Gasteiger partial charge is 0.472 e. The van der Waals surface area contributed by atoms with Gasteiger partial charge in [-0.05, 0) is 44.2 Å². The van der Waals surface area contributed by atoms with Crippen LogP contribution in [0.25, 0.3) is 5.57 Å². The Kier molecular flexibility index (Phi) is 5.01. The minimum atomic E-state index is -0.498. The van der Waals surface area contributed by atoms with E-state index in [0.29, 0.717) is 24.6 Å². The molecule has 1 fully saturated rings. The number of nitro groups is 1. The molecule has 0 N–H and O–H groups in total. The molecule has 2 aromatic heterocycles. The molecule has 0 aromatic carbocycles. The summed E-state index contributed by atoms with van der Waals surface area (Å²) >= 11 is 0. The molecular weight excluding hydrogens is 348 g/mol. The van der Waals surface area contributed by atoms with Crippen LogP contribution in [0.15, 0.2) is 31.0 Å². The summed E-state index contributed by atoms with van der Waals surface area (Å²) < 4.78 is 13.1. The molecule has 2 aromatic rings. The minimum absolute atomic E-state index is 0.0405. The number of rotatable bonds is 5. The lowest BCUT2D eigenvalue weighted by Gasteiger charge is -2.14. The summed E-state index contributed by atoms with van der Waals surface area (Å²) in [6, 6.07) is 5.20. The predicted octanol–water partition coefficient (Wildman–Crippen LogP) is 3.88. The molecule has 27 heavy (non-hydrogen) atoms. The molecule has 3 rings (SSSR count). The zero-order chi connectivity index (χ0) is 19.8. The van der Waals surface area contributed by atoms with Crippen LogP contribution in [0.3, 0.4) is 0 Å². The molecule has 3 heterocycles. The van der Waals surface area contributed by atoms with Gasteiger partial charge in [0, 0.05) is 18.7 Å². The average Bonchev–Trinajstić information content (AvgIpc) is 3.21. The lowest BCUT2D eigenvalue weighted by atomic mass is 10.1. The Bertz CT molecular complexity index is 869. The maximum absolute atomic E-state index is 11.4. The first-order valence-corrected chi connectivity index (χ1v) is 8.80. The first kappa shape index (κ1) is 19.0. The molecular formula is C19H24N4O4. The third-order valence-corrected chi connectivity index (χ3v) is 4.34. The van der Waals surface area contributed by atoms with Crippen molar-refractivity contribution in [3.63, 3.8) is 0 Å². The molecule has 2 unspecified atom stereocenters. The topological polar surface area (TPSA) is 92.3 Å². The van der Waals surface area contributed by atoms with E-state index in [-0.39, 0.29) is 18.0 Å². The van der Waals surface area contributed by atoms with Crippen molar-refractivity contribution in [3.05, 3.63) is 52.3 Å². The molecule has 8 heteroatoms. The predicted molar refractivity (Wildman–Crippen MR) is 101 cm³/mol. The fourth-order valence-electron chi connectivity index (χ4n) is 2.97. The molecule has 1 aliphatic rings. The first-order valence-electron chi connectivity index (χ1n) is 8.80. The summed E-state index contributed by atoms with van der Waals surface area (Å²) in [6.07, 6.45) is 1.70. The number of pyridine rings is 1. The molecule has 0 bridgehead atoms. The Hall–Kier alpha value is -2.74. The quantitative estimate of drug-likeness (QED) is 0.584. The summed E-state index contributed by atoms with van der Waals surface area (Å²) in [6.45, 7) is 11.8. The molecule has 1 saturated heterocycles. The van der Waals surface area contributed by atoms with Crippen molar-refractivity contribution in [1.29, 1.82) is 0 Å². The summed E-state index contributed by atoms with van der Waals surface area (Å²) in [5, 5.41) is 15.8. The van der Waals surface area contributed by atoms with Gasteiger partial charge in [0.1, 0.15) is 23.4 Å². The van der Waals surface area contributed by atoms with Gasteiger partial charge in [-0.25, -0.2) is 4.98 Å². The fraction of sp³-hybridized carbons (Fsp3) is 0.474. The Labute approximate surface area is 158 Å². The van der Waals surface area contributed by atoms with Crippen molar-refractivity contribution in [2.75, 3.05) is 6.61 Å². The molecule has 0 aliphatic carbocycles. The van der Waals surface area contributed by atoms with Crippen LogP contribution in [0.4, 0.5) is 5.82 Å². The highest BCUT2D eigenvalue weighted by molar-refractivity contribution is 5.61. The molecule has 0 amide bonds. The average molecular weight is 372 g/mol. The monoisotopic (exact) mass is 372 g/mol. The Balaban J connectivity index is 1.74. The number of hydrogen-bond donors (Lipinski definition) is 0.